The van der Waals surface area contributed by atoms with Gasteiger partial charge < -0.3 is 0 Å². The number of rotatable bonds is 2. The fourth-order valence-electron chi connectivity index (χ4n) is 13.9. The molecule has 0 aromatic heterocycles. The van der Waals surface area contributed by atoms with Gasteiger partial charge in [-0.25, -0.2) is 0 Å². The van der Waals surface area contributed by atoms with Gasteiger partial charge in [-0.05, 0) is 173 Å². The molecular weight excluding hydrogens is 817 g/mol. The fourth-order valence-corrected chi connectivity index (χ4v) is 13.9. The van der Waals surface area contributed by atoms with Crippen LogP contribution in [0.15, 0.2) is 206 Å². The van der Waals surface area contributed by atoms with E-state index in [0.29, 0.717) is 0 Å². The first-order chi connectivity index (χ1) is 33.3. The van der Waals surface area contributed by atoms with Gasteiger partial charge in [0.05, 0.1) is 10.8 Å². The first kappa shape index (κ1) is 38.1. The quantitative estimate of drug-likeness (QED) is 0.152. The molecule has 0 N–H and O–H groups in total. The van der Waals surface area contributed by atoms with Gasteiger partial charge in [0.25, 0.3) is 0 Å². The Hall–Kier alpha value is -8.06. The van der Waals surface area contributed by atoms with Gasteiger partial charge in [0, 0.05) is 0 Å². The summed E-state index contributed by atoms with van der Waals surface area (Å²) in [6, 6.07) is 80.0. The van der Waals surface area contributed by atoms with Crippen molar-refractivity contribution in [1.82, 2.24) is 0 Å². The van der Waals surface area contributed by atoms with E-state index < -0.39 is 10.8 Å². The molecule has 0 heteroatoms. The van der Waals surface area contributed by atoms with Crippen molar-refractivity contribution in [2.24, 2.45) is 0 Å². The first-order valence-corrected chi connectivity index (χ1v) is 24.2. The lowest BCUT2D eigenvalue weighted by molar-refractivity contribution is 0.792. The third-order valence-corrected chi connectivity index (χ3v) is 16.5. The Labute approximate surface area is 397 Å². The minimum atomic E-state index is -0.428. The predicted octanol–water partition coefficient (Wildman–Crippen LogP) is 17.2. The normalized spacial score (nSPS) is 14.4. The average Bonchev–Trinajstić information content (AvgIpc) is 4.03. The Morgan fingerprint density at radius 2 is 0.471 bits per heavy atom. The van der Waals surface area contributed by atoms with Crippen LogP contribution in [0, 0.1) is 27.7 Å². The highest BCUT2D eigenvalue weighted by molar-refractivity contribution is 6.22. The Balaban J connectivity index is 1.000. The minimum Gasteiger partial charge on any atom is -0.0619 e. The molecule has 0 atom stereocenters. The van der Waals surface area contributed by atoms with Crippen LogP contribution in [-0.4, -0.2) is 0 Å². The largest absolute Gasteiger partial charge is 0.0725 e. The zero-order chi connectivity index (χ0) is 45.2. The van der Waals surface area contributed by atoms with Gasteiger partial charge in [-0.15, -0.1) is 0 Å². The maximum absolute atomic E-state index is 2.57. The Kier molecular flexibility index (Phi) is 7.45. The average molecular weight is 863 g/mol. The first-order valence-electron chi connectivity index (χ1n) is 24.2. The van der Waals surface area contributed by atoms with Crippen LogP contribution in [0.25, 0.3) is 88.3 Å². The van der Waals surface area contributed by atoms with E-state index in [2.05, 4.69) is 234 Å². The van der Waals surface area contributed by atoms with Crippen LogP contribution in [0.1, 0.15) is 66.8 Å². The molecule has 11 aromatic carbocycles. The van der Waals surface area contributed by atoms with Crippen molar-refractivity contribution in [3.05, 3.63) is 273 Å². The number of hydrogen-bond acceptors (Lipinski definition) is 0. The van der Waals surface area contributed by atoms with Gasteiger partial charge in [-0.1, -0.05) is 216 Å². The van der Waals surface area contributed by atoms with Crippen LogP contribution in [0.2, 0.25) is 0 Å². The summed E-state index contributed by atoms with van der Waals surface area (Å²) < 4.78 is 0. The monoisotopic (exact) mass is 862 g/mol. The zero-order valence-corrected chi connectivity index (χ0v) is 38.6. The van der Waals surface area contributed by atoms with Crippen molar-refractivity contribution in [1.29, 1.82) is 0 Å². The molecule has 2 spiro atoms. The number of benzene rings is 11. The molecule has 0 bridgehead atoms. The molecule has 0 amide bonds. The van der Waals surface area contributed by atoms with E-state index in [9.17, 15) is 0 Å². The molecule has 0 saturated heterocycles. The molecule has 0 nitrogen and oxygen atoms in total. The standard InChI is InChI=1S/C68H46/c1-39-21-27-47-48-28-22-40(2)34-60(48)67(59(47)33-39)57-19-11-9-13-45(57)51-31-25-43(37-63(51)67)65-53-15-5-7-17-55(53)66(56-18-8-6-16-54(56)65)44-26-32-52-46-14-10-12-20-58(46)68(64(52)38-44)61-35-41(3)23-29-49(61)50-30-24-42(4)36-62(50)68/h5-38H,1-4H3. The van der Waals surface area contributed by atoms with Crippen molar-refractivity contribution >= 4 is 21.5 Å². The van der Waals surface area contributed by atoms with Gasteiger partial charge in [0.2, 0.25) is 0 Å². The summed E-state index contributed by atoms with van der Waals surface area (Å²) in [6.07, 6.45) is 0. The van der Waals surface area contributed by atoms with E-state index in [1.807, 2.05) is 0 Å². The minimum absolute atomic E-state index is 0.428. The molecule has 0 unspecified atom stereocenters. The topological polar surface area (TPSA) is 0 Å². The van der Waals surface area contributed by atoms with E-state index in [0.717, 1.165) is 0 Å². The van der Waals surface area contributed by atoms with Crippen molar-refractivity contribution in [2.75, 3.05) is 0 Å². The van der Waals surface area contributed by atoms with Crippen molar-refractivity contribution < 1.29 is 0 Å². The summed E-state index contributed by atoms with van der Waals surface area (Å²) in [6.45, 7) is 8.97. The van der Waals surface area contributed by atoms with Gasteiger partial charge in [-0.3, -0.25) is 0 Å². The van der Waals surface area contributed by atoms with Gasteiger partial charge in [0.15, 0.2) is 0 Å². The summed E-state index contributed by atoms with van der Waals surface area (Å²) in [5, 5.41) is 5.08. The second-order valence-electron chi connectivity index (χ2n) is 20.1. The molecule has 4 aliphatic carbocycles. The summed E-state index contributed by atoms with van der Waals surface area (Å²) in [5.74, 6) is 0. The fraction of sp³-hybridized carbons (Fsp3) is 0.0882. The molecule has 0 aliphatic heterocycles. The van der Waals surface area contributed by atoms with E-state index >= 15 is 0 Å². The summed E-state index contributed by atoms with van der Waals surface area (Å²) >= 11 is 0. The second-order valence-corrected chi connectivity index (χ2v) is 20.1. The second kappa shape index (κ2) is 13.3. The van der Waals surface area contributed by atoms with Crippen molar-refractivity contribution in [2.45, 2.75) is 38.5 Å². The summed E-state index contributed by atoms with van der Waals surface area (Å²) in [4.78, 5) is 0. The third kappa shape index (κ3) is 4.61. The van der Waals surface area contributed by atoms with Crippen LogP contribution in [0.3, 0.4) is 0 Å². The Morgan fingerprint density at radius 3 is 0.794 bits per heavy atom. The molecular formula is C68H46. The molecule has 318 valence electrons. The van der Waals surface area contributed by atoms with Crippen LogP contribution in [0.4, 0.5) is 0 Å². The molecule has 0 heterocycles. The molecule has 15 rings (SSSR count). The number of fused-ring (bicyclic) bond motifs is 22. The zero-order valence-electron chi connectivity index (χ0n) is 38.6. The number of hydrogen-bond donors (Lipinski definition) is 0. The highest BCUT2D eigenvalue weighted by atomic mass is 14.5. The predicted molar refractivity (Wildman–Crippen MR) is 284 cm³/mol. The Bertz CT molecular complexity index is 3660. The highest BCUT2D eigenvalue weighted by Gasteiger charge is 2.53. The number of aryl methyl sites for hydroxylation is 4. The molecule has 68 heavy (non-hydrogen) atoms. The van der Waals surface area contributed by atoms with Crippen LogP contribution < -0.4 is 0 Å². The lowest BCUT2D eigenvalue weighted by Crippen LogP contribution is -2.26. The lowest BCUT2D eigenvalue weighted by atomic mass is 9.69. The van der Waals surface area contributed by atoms with Crippen molar-refractivity contribution in [3.8, 4) is 66.8 Å². The Morgan fingerprint density at radius 1 is 0.221 bits per heavy atom. The van der Waals surface area contributed by atoms with Crippen LogP contribution >= 0.6 is 0 Å². The van der Waals surface area contributed by atoms with Crippen LogP contribution in [0.5, 0.6) is 0 Å². The maximum Gasteiger partial charge on any atom is 0.0725 e. The van der Waals surface area contributed by atoms with Crippen molar-refractivity contribution in [3.63, 3.8) is 0 Å². The van der Waals surface area contributed by atoms with E-state index in [1.165, 1.54) is 155 Å². The summed E-state index contributed by atoms with van der Waals surface area (Å²) in [5.41, 5.74) is 31.1. The third-order valence-electron chi connectivity index (χ3n) is 16.5. The van der Waals surface area contributed by atoms with Gasteiger partial charge in [0.1, 0.15) is 0 Å². The van der Waals surface area contributed by atoms with E-state index in [4.69, 9.17) is 0 Å². The molecule has 11 aromatic rings. The van der Waals surface area contributed by atoms with E-state index in [-0.39, 0.29) is 0 Å². The molecule has 0 radical (unpaired) electrons. The molecule has 0 fully saturated rings. The van der Waals surface area contributed by atoms with Gasteiger partial charge >= 0.3 is 0 Å². The molecule has 4 aliphatic rings. The SMILES string of the molecule is Cc1ccc2c(c1)C1(c3ccccc3-c3ccc(-c4c5ccccc5c(-c5ccc6c(c5)C5(c7ccccc7-6)c6cc(C)ccc6-c6ccc(C)cc65)c5ccccc45)cc31)c1cc(C)ccc1-2. The molecule has 0 saturated carbocycles. The maximum atomic E-state index is 2.57. The van der Waals surface area contributed by atoms with Crippen LogP contribution in [-0.2, 0) is 10.8 Å². The van der Waals surface area contributed by atoms with E-state index in [1.54, 1.807) is 0 Å². The van der Waals surface area contributed by atoms with Gasteiger partial charge in [-0.2, -0.15) is 0 Å². The lowest BCUT2D eigenvalue weighted by Gasteiger charge is -2.31. The summed E-state index contributed by atoms with van der Waals surface area (Å²) in [7, 11) is 0. The smallest absolute Gasteiger partial charge is 0.0619 e. The highest BCUT2D eigenvalue weighted by Crippen LogP contribution is 2.65.